The van der Waals surface area contributed by atoms with Gasteiger partial charge in [0.1, 0.15) is 5.41 Å². The van der Waals surface area contributed by atoms with Crippen molar-refractivity contribution in [3.8, 4) is 0 Å². The van der Waals surface area contributed by atoms with Gasteiger partial charge in [0, 0.05) is 26.1 Å². The molecule has 8 heteroatoms. The summed E-state index contributed by atoms with van der Waals surface area (Å²) in [5.74, 6) is -1.27. The van der Waals surface area contributed by atoms with Crippen molar-refractivity contribution in [2.75, 3.05) is 25.4 Å². The Hall–Kier alpha value is -1.93. The van der Waals surface area contributed by atoms with Gasteiger partial charge in [-0.2, -0.15) is 0 Å². The number of aliphatic carboxylic acids is 1. The molecule has 1 aliphatic heterocycles. The normalized spacial score (nSPS) is 19.5. The van der Waals surface area contributed by atoms with Gasteiger partial charge in [-0.1, -0.05) is 30.3 Å². The van der Waals surface area contributed by atoms with Crippen molar-refractivity contribution in [2.24, 2.45) is 0 Å². The maximum absolute atomic E-state index is 12.0. The van der Waals surface area contributed by atoms with E-state index in [1.54, 1.807) is 37.3 Å². The molecule has 1 amide bonds. The molecule has 7 nitrogen and oxygen atoms in total. The maximum Gasteiger partial charge on any atom is 0.315 e. The molecule has 1 atom stereocenters. The van der Waals surface area contributed by atoms with Crippen LogP contribution in [-0.4, -0.2) is 55.1 Å². The van der Waals surface area contributed by atoms with Crippen LogP contribution in [0.5, 0.6) is 0 Å². The predicted molar refractivity (Wildman–Crippen MR) is 89.0 cm³/mol. The summed E-state index contributed by atoms with van der Waals surface area (Å²) in [5.41, 5.74) is -0.642. The monoisotopic (exact) mass is 354 g/mol. The molecule has 0 bridgehead atoms. The first kappa shape index (κ1) is 18.4. The van der Waals surface area contributed by atoms with Crippen molar-refractivity contribution >= 4 is 21.9 Å². The third-order valence-electron chi connectivity index (χ3n) is 4.31. The van der Waals surface area contributed by atoms with Gasteiger partial charge in [-0.3, -0.25) is 9.59 Å². The lowest BCUT2D eigenvalue weighted by Gasteiger charge is -2.26. The molecule has 132 valence electrons. The summed E-state index contributed by atoms with van der Waals surface area (Å²) in [6.45, 7) is 2.06. The van der Waals surface area contributed by atoms with E-state index in [2.05, 4.69) is 5.32 Å². The fourth-order valence-electron chi connectivity index (χ4n) is 2.64. The summed E-state index contributed by atoms with van der Waals surface area (Å²) in [6, 6.07) is 8.70. The van der Waals surface area contributed by atoms with Crippen molar-refractivity contribution in [1.29, 1.82) is 0 Å². The van der Waals surface area contributed by atoms with Crippen LogP contribution in [0.1, 0.15) is 25.3 Å². The smallest absolute Gasteiger partial charge is 0.315 e. The minimum atomic E-state index is -3.22. The number of amides is 1. The van der Waals surface area contributed by atoms with E-state index in [4.69, 9.17) is 0 Å². The molecule has 0 aliphatic carbocycles. The van der Waals surface area contributed by atoms with Crippen LogP contribution in [0.25, 0.3) is 0 Å². The summed E-state index contributed by atoms with van der Waals surface area (Å²) in [4.78, 5) is 23.6. The Balaban J connectivity index is 1.93. The summed E-state index contributed by atoms with van der Waals surface area (Å²) < 4.78 is 24.7. The Morgan fingerprint density at radius 2 is 1.96 bits per heavy atom. The second-order valence-corrected chi connectivity index (χ2v) is 8.19. The van der Waals surface area contributed by atoms with Gasteiger partial charge in [-0.15, -0.1) is 0 Å². The van der Waals surface area contributed by atoms with Gasteiger partial charge in [0.2, 0.25) is 15.9 Å². The zero-order valence-electron chi connectivity index (χ0n) is 13.6. The van der Waals surface area contributed by atoms with Crippen molar-refractivity contribution in [1.82, 2.24) is 9.62 Å². The molecule has 1 aromatic carbocycles. The number of hydrogen-bond acceptors (Lipinski definition) is 4. The molecular weight excluding hydrogens is 332 g/mol. The number of nitrogens with one attached hydrogen (secondary N) is 1. The zero-order chi connectivity index (χ0) is 17.8. The fourth-order valence-corrected chi connectivity index (χ4v) is 4.17. The van der Waals surface area contributed by atoms with Crippen molar-refractivity contribution in [3.05, 3.63) is 35.9 Å². The molecule has 1 heterocycles. The molecular formula is C16H22N2O5S. The second-order valence-electron chi connectivity index (χ2n) is 6.10. The third-order valence-corrected chi connectivity index (χ3v) is 6.27. The van der Waals surface area contributed by atoms with Crippen LogP contribution < -0.4 is 5.32 Å². The molecule has 1 saturated heterocycles. The molecule has 1 aromatic rings. The molecule has 1 fully saturated rings. The number of nitrogens with zero attached hydrogens (tertiary/aromatic N) is 1. The molecule has 1 aliphatic rings. The van der Waals surface area contributed by atoms with Crippen LogP contribution in [0.3, 0.4) is 0 Å². The first-order chi connectivity index (χ1) is 11.3. The van der Waals surface area contributed by atoms with Gasteiger partial charge in [0.15, 0.2) is 0 Å². The highest BCUT2D eigenvalue weighted by molar-refractivity contribution is 7.89. The molecule has 0 aromatic heterocycles. The standard InChI is InChI=1S/C16H22N2O5S/c1-16(15(20)21,13-6-3-2-4-7-13)12-17-14(19)8-10-18-9-5-11-24(18,22)23/h2-4,6-7H,5,8-12H2,1H3,(H,17,19)(H,20,21). The van der Waals surface area contributed by atoms with E-state index < -0.39 is 21.4 Å². The molecule has 0 radical (unpaired) electrons. The first-order valence-electron chi connectivity index (χ1n) is 7.79. The Kier molecular flexibility index (Phi) is 5.61. The van der Waals surface area contributed by atoms with Crippen LogP contribution in [-0.2, 0) is 25.0 Å². The Bertz CT molecular complexity index is 704. The summed E-state index contributed by atoms with van der Waals surface area (Å²) in [6.07, 6.45) is 0.596. The molecule has 2 N–H and O–H groups in total. The SMILES string of the molecule is CC(CNC(=O)CCN1CCCS1(=O)=O)(C(=O)O)c1ccccc1. The highest BCUT2D eigenvalue weighted by Gasteiger charge is 2.35. The molecule has 2 rings (SSSR count). The highest BCUT2D eigenvalue weighted by Crippen LogP contribution is 2.23. The van der Waals surface area contributed by atoms with E-state index in [1.807, 2.05) is 0 Å². The number of carboxylic acid groups (broad SMARTS) is 1. The lowest BCUT2D eigenvalue weighted by molar-refractivity contribution is -0.143. The van der Waals surface area contributed by atoms with Crippen LogP contribution in [0.4, 0.5) is 0 Å². The lowest BCUT2D eigenvalue weighted by Crippen LogP contribution is -2.45. The lowest BCUT2D eigenvalue weighted by atomic mass is 9.82. The summed E-state index contributed by atoms with van der Waals surface area (Å²) in [5, 5.41) is 12.1. The average Bonchev–Trinajstić information content (AvgIpc) is 2.89. The van der Waals surface area contributed by atoms with E-state index in [9.17, 15) is 23.1 Å². The van der Waals surface area contributed by atoms with Gasteiger partial charge >= 0.3 is 5.97 Å². The number of benzene rings is 1. The summed E-state index contributed by atoms with van der Waals surface area (Å²) in [7, 11) is -3.22. The molecule has 0 saturated carbocycles. The van der Waals surface area contributed by atoms with Gasteiger partial charge in [0.05, 0.1) is 5.75 Å². The largest absolute Gasteiger partial charge is 0.481 e. The number of rotatable bonds is 7. The predicted octanol–water partition coefficient (Wildman–Crippen LogP) is 0.571. The Morgan fingerprint density at radius 3 is 2.50 bits per heavy atom. The van der Waals surface area contributed by atoms with Crippen LogP contribution in [0.2, 0.25) is 0 Å². The average molecular weight is 354 g/mol. The van der Waals surface area contributed by atoms with E-state index in [-0.39, 0.29) is 31.2 Å². The Morgan fingerprint density at radius 1 is 1.29 bits per heavy atom. The van der Waals surface area contributed by atoms with E-state index in [0.29, 0.717) is 18.5 Å². The Labute approximate surface area is 141 Å². The number of hydrogen-bond donors (Lipinski definition) is 2. The van der Waals surface area contributed by atoms with E-state index in [1.165, 1.54) is 4.31 Å². The molecule has 1 unspecified atom stereocenters. The zero-order valence-corrected chi connectivity index (χ0v) is 14.4. The number of carbonyl (C=O) groups excluding carboxylic acids is 1. The van der Waals surface area contributed by atoms with Crippen molar-refractivity contribution in [2.45, 2.75) is 25.2 Å². The van der Waals surface area contributed by atoms with Gasteiger partial charge < -0.3 is 10.4 Å². The number of carboxylic acids is 1. The summed E-state index contributed by atoms with van der Waals surface area (Å²) >= 11 is 0. The first-order valence-corrected chi connectivity index (χ1v) is 9.40. The van der Waals surface area contributed by atoms with Gasteiger partial charge in [-0.25, -0.2) is 12.7 Å². The third kappa shape index (κ3) is 4.12. The van der Waals surface area contributed by atoms with Crippen molar-refractivity contribution in [3.63, 3.8) is 0 Å². The van der Waals surface area contributed by atoms with Crippen LogP contribution in [0.15, 0.2) is 30.3 Å². The van der Waals surface area contributed by atoms with Gasteiger partial charge in [-0.05, 0) is 18.9 Å². The minimum absolute atomic E-state index is 0.0176. The number of carbonyl (C=O) groups is 2. The molecule has 24 heavy (non-hydrogen) atoms. The van der Waals surface area contributed by atoms with Crippen molar-refractivity contribution < 1.29 is 23.1 Å². The second kappa shape index (κ2) is 7.31. The fraction of sp³-hybridized carbons (Fsp3) is 0.500. The van der Waals surface area contributed by atoms with Crippen LogP contribution in [0, 0.1) is 0 Å². The van der Waals surface area contributed by atoms with Gasteiger partial charge in [0.25, 0.3) is 0 Å². The maximum atomic E-state index is 12.0. The van der Waals surface area contributed by atoms with E-state index >= 15 is 0 Å². The minimum Gasteiger partial charge on any atom is -0.481 e. The molecule has 0 spiro atoms. The number of sulfonamides is 1. The highest BCUT2D eigenvalue weighted by atomic mass is 32.2. The topological polar surface area (TPSA) is 104 Å². The quantitative estimate of drug-likeness (QED) is 0.745. The van der Waals surface area contributed by atoms with Crippen LogP contribution >= 0.6 is 0 Å². The van der Waals surface area contributed by atoms with E-state index in [0.717, 1.165) is 0 Å².